The van der Waals surface area contributed by atoms with E-state index in [0.717, 1.165) is 38.3 Å². The molecule has 0 radical (unpaired) electrons. The Hall–Kier alpha value is -1.01. The van der Waals surface area contributed by atoms with Crippen molar-refractivity contribution >= 4 is 0 Å². The van der Waals surface area contributed by atoms with Crippen molar-refractivity contribution in [3.63, 3.8) is 0 Å². The van der Waals surface area contributed by atoms with Crippen LogP contribution in [0.1, 0.15) is 51.8 Å². The fraction of sp³-hybridized carbons (Fsp3) is 0.923. The van der Waals surface area contributed by atoms with E-state index in [-0.39, 0.29) is 6.04 Å². The van der Waals surface area contributed by atoms with Gasteiger partial charge in [0, 0.05) is 18.6 Å². The first-order chi connectivity index (χ1) is 9.22. The van der Waals surface area contributed by atoms with E-state index in [0.29, 0.717) is 6.04 Å². The standard InChI is InChI=1S/C13H26N6/c1-3-4-9-19-13(15-16-17-19)10-18-8-6-5-7-12(18)11(2)14/h11-12H,3-10,14H2,1-2H3. The van der Waals surface area contributed by atoms with Crippen molar-refractivity contribution in [2.75, 3.05) is 6.54 Å². The number of aromatic nitrogens is 4. The Balaban J connectivity index is 2.00. The maximum absolute atomic E-state index is 6.10. The molecule has 6 heteroatoms. The second-order valence-electron chi connectivity index (χ2n) is 5.56. The molecule has 2 heterocycles. The lowest BCUT2D eigenvalue weighted by Crippen LogP contribution is -2.48. The first-order valence-corrected chi connectivity index (χ1v) is 7.47. The summed E-state index contributed by atoms with van der Waals surface area (Å²) in [7, 11) is 0. The Bertz CT molecular complexity index is 375. The summed E-state index contributed by atoms with van der Waals surface area (Å²) < 4.78 is 1.94. The SMILES string of the molecule is CCCCn1nnnc1CN1CCCCC1C(C)N. The van der Waals surface area contributed by atoms with E-state index < -0.39 is 0 Å². The van der Waals surface area contributed by atoms with Crippen LogP contribution in [0.3, 0.4) is 0 Å². The highest BCUT2D eigenvalue weighted by Gasteiger charge is 2.26. The van der Waals surface area contributed by atoms with E-state index in [9.17, 15) is 0 Å². The molecule has 2 atom stereocenters. The van der Waals surface area contributed by atoms with Gasteiger partial charge in [0.15, 0.2) is 5.82 Å². The third kappa shape index (κ3) is 3.73. The van der Waals surface area contributed by atoms with Crippen molar-refractivity contribution in [1.82, 2.24) is 25.1 Å². The Labute approximate surface area is 115 Å². The van der Waals surface area contributed by atoms with E-state index in [1.165, 1.54) is 19.3 Å². The summed E-state index contributed by atoms with van der Waals surface area (Å²) in [5, 5.41) is 12.1. The summed E-state index contributed by atoms with van der Waals surface area (Å²) in [6.07, 6.45) is 6.00. The summed E-state index contributed by atoms with van der Waals surface area (Å²) in [4.78, 5) is 2.45. The first kappa shape index (κ1) is 14.4. The third-order valence-corrected chi connectivity index (χ3v) is 3.95. The van der Waals surface area contributed by atoms with Gasteiger partial charge in [-0.2, -0.15) is 0 Å². The Morgan fingerprint density at radius 1 is 1.42 bits per heavy atom. The van der Waals surface area contributed by atoms with E-state index >= 15 is 0 Å². The molecule has 1 fully saturated rings. The molecule has 0 amide bonds. The molecule has 1 aliphatic rings. The monoisotopic (exact) mass is 266 g/mol. The molecule has 19 heavy (non-hydrogen) atoms. The fourth-order valence-electron chi connectivity index (χ4n) is 2.81. The van der Waals surface area contributed by atoms with Gasteiger partial charge in [-0.25, -0.2) is 4.68 Å². The highest BCUT2D eigenvalue weighted by Crippen LogP contribution is 2.20. The molecule has 108 valence electrons. The normalized spacial score (nSPS) is 22.6. The van der Waals surface area contributed by atoms with Crippen molar-refractivity contribution < 1.29 is 0 Å². The minimum Gasteiger partial charge on any atom is -0.327 e. The average Bonchev–Trinajstić information content (AvgIpc) is 2.84. The Morgan fingerprint density at radius 3 is 3.00 bits per heavy atom. The Morgan fingerprint density at radius 2 is 2.26 bits per heavy atom. The summed E-state index contributed by atoms with van der Waals surface area (Å²) in [5.74, 6) is 0.973. The lowest BCUT2D eigenvalue weighted by Gasteiger charge is -2.37. The maximum Gasteiger partial charge on any atom is 0.165 e. The molecule has 0 aromatic carbocycles. The predicted octanol–water partition coefficient (Wildman–Crippen LogP) is 1.17. The van der Waals surface area contributed by atoms with Gasteiger partial charge in [0.1, 0.15) is 0 Å². The fourth-order valence-corrected chi connectivity index (χ4v) is 2.81. The molecule has 0 bridgehead atoms. The number of rotatable bonds is 6. The van der Waals surface area contributed by atoms with E-state index in [1.54, 1.807) is 0 Å². The number of hydrogen-bond acceptors (Lipinski definition) is 5. The molecule has 1 saturated heterocycles. The zero-order chi connectivity index (χ0) is 13.7. The second-order valence-corrected chi connectivity index (χ2v) is 5.56. The number of hydrogen-bond donors (Lipinski definition) is 1. The van der Waals surface area contributed by atoms with Crippen LogP contribution < -0.4 is 5.73 Å². The summed E-state index contributed by atoms with van der Waals surface area (Å²) in [5.41, 5.74) is 6.10. The van der Waals surface area contributed by atoms with E-state index in [4.69, 9.17) is 5.73 Å². The summed E-state index contributed by atoms with van der Waals surface area (Å²) >= 11 is 0. The molecule has 0 spiro atoms. The van der Waals surface area contributed by atoms with Gasteiger partial charge in [-0.1, -0.05) is 19.8 Å². The Kier molecular flexibility index (Phi) is 5.27. The van der Waals surface area contributed by atoms with Crippen LogP contribution in [-0.2, 0) is 13.1 Å². The molecule has 1 aliphatic heterocycles. The minimum absolute atomic E-state index is 0.209. The average molecular weight is 266 g/mol. The molecule has 2 rings (SSSR count). The topological polar surface area (TPSA) is 72.9 Å². The molecule has 0 saturated carbocycles. The van der Waals surface area contributed by atoms with Gasteiger partial charge in [0.05, 0.1) is 6.54 Å². The van der Waals surface area contributed by atoms with E-state index in [2.05, 4.69) is 34.3 Å². The number of likely N-dealkylation sites (tertiary alicyclic amines) is 1. The quantitative estimate of drug-likeness (QED) is 0.837. The smallest absolute Gasteiger partial charge is 0.165 e. The minimum atomic E-state index is 0.209. The van der Waals surface area contributed by atoms with Gasteiger partial charge in [0.2, 0.25) is 0 Å². The largest absolute Gasteiger partial charge is 0.327 e. The van der Waals surface area contributed by atoms with Crippen LogP contribution in [0.15, 0.2) is 0 Å². The zero-order valence-electron chi connectivity index (χ0n) is 12.1. The van der Waals surface area contributed by atoms with Crippen molar-refractivity contribution in [2.45, 2.75) is 71.1 Å². The van der Waals surface area contributed by atoms with Gasteiger partial charge >= 0.3 is 0 Å². The van der Waals surface area contributed by atoms with Crippen molar-refractivity contribution in [3.05, 3.63) is 5.82 Å². The number of piperidine rings is 1. The summed E-state index contributed by atoms with van der Waals surface area (Å²) in [6, 6.07) is 0.672. The van der Waals surface area contributed by atoms with Crippen molar-refractivity contribution in [3.8, 4) is 0 Å². The highest BCUT2D eigenvalue weighted by molar-refractivity contribution is 4.88. The van der Waals surface area contributed by atoms with Gasteiger partial charge in [-0.15, -0.1) is 5.10 Å². The molecular formula is C13H26N6. The van der Waals surface area contributed by atoms with Crippen LogP contribution in [0.25, 0.3) is 0 Å². The van der Waals surface area contributed by atoms with Crippen molar-refractivity contribution in [2.24, 2.45) is 5.73 Å². The van der Waals surface area contributed by atoms with E-state index in [1.807, 2.05) is 4.68 Å². The van der Waals surface area contributed by atoms with Crippen LogP contribution in [0.5, 0.6) is 0 Å². The van der Waals surface area contributed by atoms with Crippen LogP contribution in [0, 0.1) is 0 Å². The van der Waals surface area contributed by atoms with Crippen LogP contribution in [-0.4, -0.2) is 43.7 Å². The van der Waals surface area contributed by atoms with Crippen LogP contribution >= 0.6 is 0 Å². The number of nitrogens with zero attached hydrogens (tertiary/aromatic N) is 5. The van der Waals surface area contributed by atoms with Gasteiger partial charge in [-0.05, 0) is 43.2 Å². The predicted molar refractivity (Wildman–Crippen MR) is 74.4 cm³/mol. The number of tetrazole rings is 1. The van der Waals surface area contributed by atoms with Gasteiger partial charge in [-0.3, -0.25) is 4.90 Å². The van der Waals surface area contributed by atoms with Gasteiger partial charge < -0.3 is 5.73 Å². The summed E-state index contributed by atoms with van der Waals surface area (Å²) in [6.45, 7) is 7.12. The number of unbranched alkanes of at least 4 members (excludes halogenated alkanes) is 1. The molecule has 1 aromatic heterocycles. The number of nitrogens with two attached hydrogens (primary N) is 1. The van der Waals surface area contributed by atoms with Crippen LogP contribution in [0.4, 0.5) is 0 Å². The highest BCUT2D eigenvalue weighted by atomic mass is 15.5. The molecule has 1 aromatic rings. The molecule has 2 N–H and O–H groups in total. The molecule has 2 unspecified atom stereocenters. The van der Waals surface area contributed by atoms with Gasteiger partial charge in [0.25, 0.3) is 0 Å². The lowest BCUT2D eigenvalue weighted by molar-refractivity contribution is 0.117. The zero-order valence-corrected chi connectivity index (χ0v) is 12.1. The third-order valence-electron chi connectivity index (χ3n) is 3.95. The second kappa shape index (κ2) is 6.96. The van der Waals surface area contributed by atoms with Crippen LogP contribution in [0.2, 0.25) is 0 Å². The molecular weight excluding hydrogens is 240 g/mol. The number of aryl methyl sites for hydroxylation is 1. The molecule has 6 nitrogen and oxygen atoms in total. The lowest BCUT2D eigenvalue weighted by atomic mass is 9.97. The van der Waals surface area contributed by atoms with Crippen molar-refractivity contribution in [1.29, 1.82) is 0 Å². The maximum atomic E-state index is 6.10. The first-order valence-electron chi connectivity index (χ1n) is 7.47. The molecule has 0 aliphatic carbocycles.